The molecule has 0 spiro atoms. The summed E-state index contributed by atoms with van der Waals surface area (Å²) >= 11 is 0. The van der Waals surface area contributed by atoms with Crippen LogP contribution in [0.1, 0.15) is 60.8 Å². The number of fused-ring (bicyclic) bond motifs is 1. The normalized spacial score (nSPS) is 20.1. The minimum Gasteiger partial charge on any atom is -0.494 e. The smallest absolute Gasteiger partial charge is 0.293 e. The Labute approximate surface area is 212 Å². The molecule has 2 aromatic carbocycles. The van der Waals surface area contributed by atoms with Crippen LogP contribution in [-0.2, 0) is 0 Å². The number of allylic oxidation sites excluding steroid dienone is 1. The molecule has 0 saturated heterocycles. The molecule has 36 heavy (non-hydrogen) atoms. The Hall–Kier alpha value is -3.93. The highest BCUT2D eigenvalue weighted by molar-refractivity contribution is 6.09. The fraction of sp³-hybridized carbons (Fsp3) is 0.300. The van der Waals surface area contributed by atoms with Crippen LogP contribution in [0, 0.1) is 5.92 Å². The predicted octanol–water partition coefficient (Wildman–Crippen LogP) is 6.32. The standard InChI is InChI=1S/C30H31N3O3/c1-3-35-24-15-11-21(12-16-24)20-23-8-7-9-26-28(23)32-33(30(34)27-10-5-6-19-31-27)29(26)22-13-17-25(18-14-22)36-4-2/h5-6,10-20,26,29H,3-4,7-9H2,1-2H3. The van der Waals surface area contributed by atoms with Crippen LogP contribution in [0.15, 0.2) is 83.6 Å². The summed E-state index contributed by atoms with van der Waals surface area (Å²) in [6.07, 6.45) is 6.80. The Morgan fingerprint density at radius 1 is 0.972 bits per heavy atom. The van der Waals surface area contributed by atoms with E-state index in [2.05, 4.69) is 35.3 Å². The Morgan fingerprint density at radius 3 is 2.31 bits per heavy atom. The van der Waals surface area contributed by atoms with E-state index in [4.69, 9.17) is 14.6 Å². The molecule has 184 valence electrons. The second-order valence-corrected chi connectivity index (χ2v) is 8.97. The number of hydrazone groups is 1. The van der Waals surface area contributed by atoms with Gasteiger partial charge in [-0.05, 0) is 92.3 Å². The first-order valence-corrected chi connectivity index (χ1v) is 12.7. The van der Waals surface area contributed by atoms with E-state index in [0.717, 1.165) is 47.6 Å². The number of benzene rings is 2. The van der Waals surface area contributed by atoms with Crippen LogP contribution >= 0.6 is 0 Å². The number of nitrogens with zero attached hydrogens (tertiary/aromatic N) is 3. The summed E-state index contributed by atoms with van der Waals surface area (Å²) in [4.78, 5) is 17.9. The van der Waals surface area contributed by atoms with E-state index >= 15 is 0 Å². The Balaban J connectivity index is 1.51. The number of amides is 1. The number of carbonyl (C=O) groups excluding carboxylic acids is 1. The van der Waals surface area contributed by atoms with E-state index in [1.165, 1.54) is 5.57 Å². The summed E-state index contributed by atoms with van der Waals surface area (Å²) in [6, 6.07) is 21.4. The molecular weight excluding hydrogens is 450 g/mol. The van der Waals surface area contributed by atoms with Gasteiger partial charge in [0.05, 0.1) is 25.0 Å². The molecule has 6 heteroatoms. The lowest BCUT2D eigenvalue weighted by Gasteiger charge is -2.29. The van der Waals surface area contributed by atoms with Gasteiger partial charge in [-0.25, -0.2) is 5.01 Å². The van der Waals surface area contributed by atoms with Crippen molar-refractivity contribution in [1.82, 2.24) is 9.99 Å². The first-order valence-electron chi connectivity index (χ1n) is 12.7. The molecule has 5 rings (SSSR count). The van der Waals surface area contributed by atoms with E-state index in [9.17, 15) is 4.79 Å². The third-order valence-corrected chi connectivity index (χ3v) is 6.66. The minimum absolute atomic E-state index is 0.123. The maximum atomic E-state index is 13.6. The van der Waals surface area contributed by atoms with Crippen LogP contribution in [0.4, 0.5) is 0 Å². The Bertz CT molecular complexity index is 1250. The van der Waals surface area contributed by atoms with E-state index in [1.54, 1.807) is 17.3 Å². The van der Waals surface area contributed by atoms with Crippen LogP contribution in [0.2, 0.25) is 0 Å². The monoisotopic (exact) mass is 481 g/mol. The van der Waals surface area contributed by atoms with Gasteiger partial charge in [0, 0.05) is 12.1 Å². The van der Waals surface area contributed by atoms with E-state index in [0.29, 0.717) is 18.9 Å². The van der Waals surface area contributed by atoms with Gasteiger partial charge in [-0.15, -0.1) is 0 Å². The quantitative estimate of drug-likeness (QED) is 0.396. The van der Waals surface area contributed by atoms with E-state index in [-0.39, 0.29) is 17.9 Å². The molecule has 2 atom stereocenters. The molecule has 2 heterocycles. The van der Waals surface area contributed by atoms with Gasteiger partial charge in [-0.3, -0.25) is 9.78 Å². The molecule has 2 unspecified atom stereocenters. The first kappa shape index (κ1) is 23.8. The van der Waals surface area contributed by atoms with Crippen molar-refractivity contribution in [2.75, 3.05) is 13.2 Å². The van der Waals surface area contributed by atoms with Gasteiger partial charge in [0.2, 0.25) is 0 Å². The summed E-state index contributed by atoms with van der Waals surface area (Å²) in [5.74, 6) is 1.62. The molecule has 1 saturated carbocycles. The van der Waals surface area contributed by atoms with Crippen molar-refractivity contribution in [3.05, 3.63) is 95.3 Å². The third kappa shape index (κ3) is 4.89. The van der Waals surface area contributed by atoms with Crippen molar-refractivity contribution in [1.29, 1.82) is 0 Å². The van der Waals surface area contributed by atoms with Gasteiger partial charge < -0.3 is 9.47 Å². The van der Waals surface area contributed by atoms with Crippen molar-refractivity contribution < 1.29 is 14.3 Å². The molecule has 2 aliphatic rings. The summed E-state index contributed by atoms with van der Waals surface area (Å²) in [5, 5.41) is 6.61. The van der Waals surface area contributed by atoms with Crippen molar-refractivity contribution in [2.24, 2.45) is 11.0 Å². The molecular formula is C30H31N3O3. The summed E-state index contributed by atoms with van der Waals surface area (Å²) < 4.78 is 11.2. The summed E-state index contributed by atoms with van der Waals surface area (Å²) in [6.45, 7) is 5.21. The lowest BCUT2D eigenvalue weighted by Crippen LogP contribution is -2.32. The predicted molar refractivity (Wildman–Crippen MR) is 141 cm³/mol. The largest absolute Gasteiger partial charge is 0.494 e. The van der Waals surface area contributed by atoms with Gasteiger partial charge in [0.1, 0.15) is 17.2 Å². The third-order valence-electron chi connectivity index (χ3n) is 6.66. The zero-order valence-corrected chi connectivity index (χ0v) is 20.8. The van der Waals surface area contributed by atoms with E-state index < -0.39 is 0 Å². The Morgan fingerprint density at radius 2 is 1.67 bits per heavy atom. The maximum Gasteiger partial charge on any atom is 0.293 e. The average Bonchev–Trinajstić information content (AvgIpc) is 3.31. The molecule has 0 bridgehead atoms. The van der Waals surface area contributed by atoms with Gasteiger partial charge in [-0.1, -0.05) is 30.3 Å². The molecule has 1 aromatic heterocycles. The second kappa shape index (κ2) is 10.8. The molecule has 1 aliphatic carbocycles. The number of hydrogen-bond acceptors (Lipinski definition) is 5. The highest BCUT2D eigenvalue weighted by Crippen LogP contribution is 2.45. The number of carbonyl (C=O) groups is 1. The lowest BCUT2D eigenvalue weighted by molar-refractivity contribution is 0.0675. The molecule has 0 N–H and O–H groups in total. The SMILES string of the molecule is CCOc1ccc(C=C2CCCC3C2=NN(C(=O)c2ccccn2)C3c2ccc(OCC)cc2)cc1. The fourth-order valence-electron chi connectivity index (χ4n) is 5.06. The zero-order chi connectivity index (χ0) is 24.9. The lowest BCUT2D eigenvalue weighted by atomic mass is 9.77. The molecule has 3 aromatic rings. The van der Waals surface area contributed by atoms with Crippen molar-refractivity contribution in [3.63, 3.8) is 0 Å². The summed E-state index contributed by atoms with van der Waals surface area (Å²) in [5.41, 5.74) is 4.73. The number of rotatable bonds is 7. The van der Waals surface area contributed by atoms with Crippen LogP contribution in [-0.4, -0.2) is 34.8 Å². The highest BCUT2D eigenvalue weighted by atomic mass is 16.5. The van der Waals surface area contributed by atoms with Crippen molar-refractivity contribution >= 4 is 17.7 Å². The van der Waals surface area contributed by atoms with Gasteiger partial charge >= 0.3 is 0 Å². The molecule has 1 fully saturated rings. The van der Waals surface area contributed by atoms with Crippen molar-refractivity contribution in [2.45, 2.75) is 39.2 Å². The number of pyridine rings is 1. The van der Waals surface area contributed by atoms with E-state index in [1.807, 2.05) is 50.2 Å². The molecule has 1 amide bonds. The second-order valence-electron chi connectivity index (χ2n) is 8.97. The highest BCUT2D eigenvalue weighted by Gasteiger charge is 2.44. The minimum atomic E-state index is -0.186. The van der Waals surface area contributed by atoms with Crippen LogP contribution in [0.25, 0.3) is 6.08 Å². The topological polar surface area (TPSA) is 64.0 Å². The van der Waals surface area contributed by atoms with Crippen LogP contribution in [0.5, 0.6) is 11.5 Å². The van der Waals surface area contributed by atoms with Crippen LogP contribution in [0.3, 0.4) is 0 Å². The Kier molecular flexibility index (Phi) is 7.12. The van der Waals surface area contributed by atoms with Gasteiger partial charge in [0.25, 0.3) is 5.91 Å². The number of aromatic nitrogens is 1. The molecule has 1 aliphatic heterocycles. The fourth-order valence-corrected chi connectivity index (χ4v) is 5.06. The van der Waals surface area contributed by atoms with Crippen LogP contribution < -0.4 is 9.47 Å². The van der Waals surface area contributed by atoms with Gasteiger partial charge in [-0.2, -0.15) is 5.10 Å². The molecule has 6 nitrogen and oxygen atoms in total. The maximum absolute atomic E-state index is 13.6. The molecule has 0 radical (unpaired) electrons. The van der Waals surface area contributed by atoms with Crippen molar-refractivity contribution in [3.8, 4) is 11.5 Å². The zero-order valence-electron chi connectivity index (χ0n) is 20.8. The van der Waals surface area contributed by atoms with Gasteiger partial charge in [0.15, 0.2) is 0 Å². The summed E-state index contributed by atoms with van der Waals surface area (Å²) in [7, 11) is 0. The number of hydrogen-bond donors (Lipinski definition) is 0. The average molecular weight is 482 g/mol. The number of ether oxygens (including phenoxy) is 2. The first-order chi connectivity index (χ1) is 17.7.